The van der Waals surface area contributed by atoms with Gasteiger partial charge in [0.05, 0.1) is 11.9 Å². The Morgan fingerprint density at radius 1 is 0.920 bits per heavy atom. The number of amides is 2. The second kappa shape index (κ2) is 7.11. The Morgan fingerprint density at radius 2 is 1.68 bits per heavy atom. The number of hydrogen-bond acceptors (Lipinski definition) is 4. The number of rotatable bonds is 3. The Balaban J connectivity index is 1.39. The number of piperidine rings is 1. The molecule has 5 rings (SSSR count). The number of hydrogen-bond donors (Lipinski definition) is 2. The van der Waals surface area contributed by atoms with Gasteiger partial charge < -0.3 is 20.4 Å². The number of carbonyl (C=O) groups is 1. The van der Waals surface area contributed by atoms with Crippen molar-refractivity contribution in [3.63, 3.8) is 0 Å². The summed E-state index contributed by atoms with van der Waals surface area (Å²) in [4.78, 5) is 21.6. The average Bonchev–Trinajstić information content (AvgIpc) is 2.97. The van der Waals surface area contributed by atoms with E-state index < -0.39 is 0 Å². The number of fused-ring (bicyclic) bond motifs is 4. The van der Waals surface area contributed by atoms with Crippen molar-refractivity contribution in [2.24, 2.45) is 0 Å². The standard InChI is InChI=1S/C19H23N5O/c25-19(21-15-4-2-1-3-5-15)22-16-6-7-18(20-14-16)24-13-12-23-10-8-17(24)9-11-23/h1-7,14,17H,8-13H2,(H2,21,22,25). The van der Waals surface area contributed by atoms with Crippen LogP contribution in [0.25, 0.3) is 0 Å². The summed E-state index contributed by atoms with van der Waals surface area (Å²) in [7, 11) is 0. The van der Waals surface area contributed by atoms with E-state index in [9.17, 15) is 4.79 Å². The van der Waals surface area contributed by atoms with Crippen molar-refractivity contribution >= 4 is 23.2 Å². The molecule has 130 valence electrons. The molecule has 2 N–H and O–H groups in total. The van der Waals surface area contributed by atoms with Gasteiger partial charge in [-0.05, 0) is 37.1 Å². The van der Waals surface area contributed by atoms with E-state index in [1.807, 2.05) is 42.5 Å². The van der Waals surface area contributed by atoms with Crippen LogP contribution in [0.4, 0.5) is 22.0 Å². The van der Waals surface area contributed by atoms with Gasteiger partial charge in [0, 0.05) is 37.9 Å². The zero-order valence-corrected chi connectivity index (χ0v) is 14.2. The lowest BCUT2D eigenvalue weighted by Crippen LogP contribution is -2.38. The van der Waals surface area contributed by atoms with E-state index in [4.69, 9.17) is 0 Å². The third-order valence-electron chi connectivity index (χ3n) is 4.99. The number of anilines is 3. The van der Waals surface area contributed by atoms with Crippen molar-refractivity contribution in [2.45, 2.75) is 18.9 Å². The van der Waals surface area contributed by atoms with Crippen LogP contribution in [0.1, 0.15) is 12.8 Å². The predicted molar refractivity (Wildman–Crippen MR) is 100 cm³/mol. The van der Waals surface area contributed by atoms with E-state index in [1.54, 1.807) is 6.20 Å². The van der Waals surface area contributed by atoms with Crippen molar-refractivity contribution in [1.82, 2.24) is 9.88 Å². The van der Waals surface area contributed by atoms with Crippen LogP contribution < -0.4 is 15.5 Å². The Kier molecular flexibility index (Phi) is 4.52. The zero-order chi connectivity index (χ0) is 17.1. The molecular weight excluding hydrogens is 314 g/mol. The van der Waals surface area contributed by atoms with Crippen LogP contribution in [0, 0.1) is 0 Å². The Morgan fingerprint density at radius 3 is 2.40 bits per heavy atom. The minimum Gasteiger partial charge on any atom is -0.352 e. The molecule has 0 unspecified atom stereocenters. The van der Waals surface area contributed by atoms with Gasteiger partial charge in [-0.3, -0.25) is 0 Å². The molecule has 2 amide bonds. The number of urea groups is 1. The van der Waals surface area contributed by atoms with Crippen LogP contribution in [-0.2, 0) is 0 Å². The second-order valence-corrected chi connectivity index (χ2v) is 6.62. The molecule has 4 heterocycles. The molecule has 0 spiro atoms. The molecule has 6 nitrogen and oxygen atoms in total. The van der Waals surface area contributed by atoms with Crippen LogP contribution in [0.15, 0.2) is 48.7 Å². The van der Waals surface area contributed by atoms with Gasteiger partial charge in [-0.2, -0.15) is 0 Å². The summed E-state index contributed by atoms with van der Waals surface area (Å²) in [5.41, 5.74) is 1.46. The predicted octanol–water partition coefficient (Wildman–Crippen LogP) is 3.01. The molecule has 25 heavy (non-hydrogen) atoms. The molecular formula is C19H23N5O. The molecule has 2 bridgehead atoms. The molecule has 0 atom stereocenters. The second-order valence-electron chi connectivity index (χ2n) is 6.62. The van der Waals surface area contributed by atoms with Gasteiger partial charge in [0.15, 0.2) is 0 Å². The van der Waals surface area contributed by atoms with Crippen LogP contribution in [-0.4, -0.2) is 48.1 Å². The number of pyridine rings is 1. The maximum absolute atomic E-state index is 12.1. The van der Waals surface area contributed by atoms with Gasteiger partial charge in [-0.15, -0.1) is 0 Å². The quantitative estimate of drug-likeness (QED) is 0.904. The zero-order valence-electron chi connectivity index (χ0n) is 14.2. The van der Waals surface area contributed by atoms with Crippen molar-refractivity contribution in [2.75, 3.05) is 41.7 Å². The molecule has 3 aliphatic heterocycles. The fraction of sp³-hybridized carbons (Fsp3) is 0.368. The lowest BCUT2D eigenvalue weighted by atomic mass is 10.1. The molecule has 2 aromatic rings. The van der Waals surface area contributed by atoms with Crippen molar-refractivity contribution in [3.8, 4) is 0 Å². The van der Waals surface area contributed by atoms with Gasteiger partial charge in [0.1, 0.15) is 5.82 Å². The topological polar surface area (TPSA) is 60.5 Å². The molecule has 1 aromatic carbocycles. The summed E-state index contributed by atoms with van der Waals surface area (Å²) in [6, 6.07) is 13.6. The summed E-state index contributed by atoms with van der Waals surface area (Å²) in [5, 5.41) is 5.63. The van der Waals surface area contributed by atoms with E-state index in [0.717, 1.165) is 24.6 Å². The van der Waals surface area contributed by atoms with Crippen LogP contribution in [0.2, 0.25) is 0 Å². The lowest BCUT2D eigenvalue weighted by Gasteiger charge is -2.32. The minimum absolute atomic E-state index is 0.262. The summed E-state index contributed by atoms with van der Waals surface area (Å²) in [6.07, 6.45) is 4.15. The SMILES string of the molecule is O=C(Nc1ccccc1)Nc1ccc(N2CCN3CCC2CC3)nc1. The maximum atomic E-state index is 12.1. The number of para-hydroxylation sites is 1. The van der Waals surface area contributed by atoms with Gasteiger partial charge in [-0.1, -0.05) is 18.2 Å². The molecule has 0 aliphatic carbocycles. The number of nitrogens with one attached hydrogen (secondary N) is 2. The summed E-state index contributed by atoms with van der Waals surface area (Å²) in [6.45, 7) is 4.53. The van der Waals surface area contributed by atoms with E-state index in [-0.39, 0.29) is 6.03 Å². The maximum Gasteiger partial charge on any atom is 0.323 e. The first-order chi connectivity index (χ1) is 12.3. The monoisotopic (exact) mass is 337 g/mol. The van der Waals surface area contributed by atoms with Crippen molar-refractivity contribution in [1.29, 1.82) is 0 Å². The number of nitrogens with zero attached hydrogens (tertiary/aromatic N) is 3. The lowest BCUT2D eigenvalue weighted by molar-refractivity contribution is 0.250. The first-order valence-corrected chi connectivity index (χ1v) is 8.86. The summed E-state index contributed by atoms with van der Waals surface area (Å²) >= 11 is 0. The molecule has 1 aromatic heterocycles. The molecule has 3 aliphatic rings. The smallest absolute Gasteiger partial charge is 0.323 e. The molecule has 0 radical (unpaired) electrons. The Bertz CT molecular complexity index is 710. The van der Waals surface area contributed by atoms with Gasteiger partial charge in [-0.25, -0.2) is 9.78 Å². The molecule has 0 saturated carbocycles. The van der Waals surface area contributed by atoms with E-state index in [1.165, 1.54) is 25.9 Å². The van der Waals surface area contributed by atoms with E-state index >= 15 is 0 Å². The molecule has 6 heteroatoms. The molecule has 3 fully saturated rings. The average molecular weight is 337 g/mol. The van der Waals surface area contributed by atoms with Crippen LogP contribution in [0.3, 0.4) is 0 Å². The first-order valence-electron chi connectivity index (χ1n) is 8.86. The highest BCUT2D eigenvalue weighted by atomic mass is 16.2. The highest BCUT2D eigenvalue weighted by Gasteiger charge is 2.29. The van der Waals surface area contributed by atoms with Crippen molar-refractivity contribution < 1.29 is 4.79 Å². The third-order valence-corrected chi connectivity index (χ3v) is 4.99. The fourth-order valence-electron chi connectivity index (χ4n) is 3.63. The number of carbonyl (C=O) groups excluding carboxylic acids is 1. The number of benzene rings is 1. The Hall–Kier alpha value is -2.60. The van der Waals surface area contributed by atoms with Gasteiger partial charge >= 0.3 is 6.03 Å². The van der Waals surface area contributed by atoms with E-state index in [0.29, 0.717) is 11.7 Å². The normalized spacial score (nSPS) is 22.3. The fourth-order valence-corrected chi connectivity index (χ4v) is 3.63. The highest BCUT2D eigenvalue weighted by Crippen LogP contribution is 2.26. The van der Waals surface area contributed by atoms with Crippen LogP contribution in [0.5, 0.6) is 0 Å². The van der Waals surface area contributed by atoms with Gasteiger partial charge in [0.2, 0.25) is 0 Å². The van der Waals surface area contributed by atoms with Crippen LogP contribution >= 0.6 is 0 Å². The van der Waals surface area contributed by atoms with Crippen molar-refractivity contribution in [3.05, 3.63) is 48.7 Å². The third kappa shape index (κ3) is 3.74. The molecule has 3 saturated heterocycles. The largest absolute Gasteiger partial charge is 0.352 e. The number of aromatic nitrogens is 1. The summed E-state index contributed by atoms with van der Waals surface area (Å²) < 4.78 is 0. The van der Waals surface area contributed by atoms with E-state index in [2.05, 4.69) is 25.4 Å². The highest BCUT2D eigenvalue weighted by molar-refractivity contribution is 5.99. The summed E-state index contributed by atoms with van der Waals surface area (Å²) in [5.74, 6) is 1.00. The van der Waals surface area contributed by atoms with Gasteiger partial charge in [0.25, 0.3) is 0 Å². The Labute approximate surface area is 147 Å². The minimum atomic E-state index is -0.262. The first kappa shape index (κ1) is 15.9.